The Kier molecular flexibility index (Phi) is 4.27. The summed E-state index contributed by atoms with van der Waals surface area (Å²) < 4.78 is 1.58. The van der Waals surface area contributed by atoms with Gasteiger partial charge in [-0.1, -0.05) is 5.21 Å². The zero-order valence-corrected chi connectivity index (χ0v) is 10.3. The van der Waals surface area contributed by atoms with Gasteiger partial charge in [0, 0.05) is 26.2 Å². The van der Waals surface area contributed by atoms with Gasteiger partial charge in [-0.15, -0.1) is 5.10 Å². The highest BCUT2D eigenvalue weighted by Gasteiger charge is 2.24. The average molecular weight is 253 g/mol. The van der Waals surface area contributed by atoms with Gasteiger partial charge in [0.05, 0.1) is 12.7 Å². The lowest BCUT2D eigenvalue weighted by Crippen LogP contribution is -2.39. The maximum Gasteiger partial charge on any atom is 0.276 e. The number of nitrogens with zero attached hydrogens (tertiary/aromatic N) is 4. The Morgan fingerprint density at radius 3 is 2.83 bits per heavy atom. The van der Waals surface area contributed by atoms with Crippen molar-refractivity contribution in [1.29, 1.82) is 0 Å². The third-order valence-corrected chi connectivity index (χ3v) is 3.28. The molecule has 1 amide bonds. The van der Waals surface area contributed by atoms with Crippen LogP contribution in [0.3, 0.4) is 0 Å². The predicted molar refractivity (Wildman–Crippen MR) is 64.8 cm³/mol. The summed E-state index contributed by atoms with van der Waals surface area (Å²) in [6.45, 7) is 2.59. The molecular formula is C11H19N5O2. The maximum atomic E-state index is 12.1. The van der Waals surface area contributed by atoms with Crippen LogP contribution >= 0.6 is 0 Å². The van der Waals surface area contributed by atoms with E-state index in [0.29, 0.717) is 37.8 Å². The second-order valence-corrected chi connectivity index (χ2v) is 4.57. The molecule has 1 fully saturated rings. The Balaban J connectivity index is 1.94. The Bertz CT molecular complexity index is 398. The number of carbonyl (C=O) groups excluding carboxylic acids is 1. The van der Waals surface area contributed by atoms with E-state index in [0.717, 1.165) is 12.8 Å². The number of carbonyl (C=O) groups is 1. The smallest absolute Gasteiger partial charge is 0.276 e. The number of aromatic nitrogens is 3. The van der Waals surface area contributed by atoms with Gasteiger partial charge in [-0.3, -0.25) is 9.48 Å². The summed E-state index contributed by atoms with van der Waals surface area (Å²) in [6.07, 6.45) is 3.33. The number of hydrogen-bond acceptors (Lipinski definition) is 5. The van der Waals surface area contributed by atoms with Crippen LogP contribution in [0.25, 0.3) is 0 Å². The van der Waals surface area contributed by atoms with Crippen LogP contribution in [-0.2, 0) is 6.54 Å². The minimum absolute atomic E-state index is 0.0883. The summed E-state index contributed by atoms with van der Waals surface area (Å²) >= 11 is 0. The Morgan fingerprint density at radius 1 is 1.50 bits per heavy atom. The highest BCUT2D eigenvalue weighted by Crippen LogP contribution is 2.17. The molecule has 0 aliphatic carbocycles. The van der Waals surface area contributed by atoms with Gasteiger partial charge >= 0.3 is 0 Å². The first-order valence-electron chi connectivity index (χ1n) is 6.25. The van der Waals surface area contributed by atoms with Crippen LogP contribution in [-0.4, -0.2) is 57.1 Å². The Morgan fingerprint density at radius 2 is 2.22 bits per heavy atom. The largest absolute Gasteiger partial charge is 0.396 e. The predicted octanol–water partition coefficient (Wildman–Crippen LogP) is -0.919. The first kappa shape index (κ1) is 13.0. The summed E-state index contributed by atoms with van der Waals surface area (Å²) in [5.41, 5.74) is 5.78. The van der Waals surface area contributed by atoms with E-state index in [1.807, 2.05) is 0 Å². The Hall–Kier alpha value is -1.47. The van der Waals surface area contributed by atoms with E-state index >= 15 is 0 Å². The molecule has 7 nitrogen and oxygen atoms in total. The molecule has 0 bridgehead atoms. The van der Waals surface area contributed by atoms with Gasteiger partial charge in [0.15, 0.2) is 5.69 Å². The third-order valence-electron chi connectivity index (χ3n) is 3.28. The second-order valence-electron chi connectivity index (χ2n) is 4.57. The molecule has 18 heavy (non-hydrogen) atoms. The normalized spacial score (nSPS) is 17.1. The van der Waals surface area contributed by atoms with Crippen LogP contribution in [0, 0.1) is 5.92 Å². The van der Waals surface area contributed by atoms with Gasteiger partial charge in [-0.05, 0) is 18.8 Å². The van der Waals surface area contributed by atoms with E-state index in [2.05, 4.69) is 10.3 Å². The van der Waals surface area contributed by atoms with Crippen molar-refractivity contribution in [2.45, 2.75) is 19.4 Å². The zero-order chi connectivity index (χ0) is 13.0. The molecule has 1 aliphatic rings. The molecule has 2 heterocycles. The van der Waals surface area contributed by atoms with Crippen LogP contribution in [0.15, 0.2) is 6.20 Å². The summed E-state index contributed by atoms with van der Waals surface area (Å²) in [4.78, 5) is 13.9. The first-order chi connectivity index (χ1) is 8.74. The molecule has 1 aromatic heterocycles. The molecule has 0 saturated carbocycles. The van der Waals surface area contributed by atoms with Crippen molar-refractivity contribution in [3.63, 3.8) is 0 Å². The number of hydrogen-bond donors (Lipinski definition) is 2. The van der Waals surface area contributed by atoms with Gasteiger partial charge in [0.2, 0.25) is 0 Å². The first-order valence-corrected chi connectivity index (χ1v) is 6.25. The maximum absolute atomic E-state index is 12.1. The number of aliphatic hydroxyl groups is 1. The minimum atomic E-state index is -0.0883. The van der Waals surface area contributed by atoms with Crippen molar-refractivity contribution >= 4 is 5.91 Å². The van der Waals surface area contributed by atoms with Crippen molar-refractivity contribution in [2.24, 2.45) is 11.7 Å². The molecule has 1 saturated heterocycles. The third kappa shape index (κ3) is 2.85. The average Bonchev–Trinajstić information content (AvgIpc) is 2.87. The molecule has 0 atom stereocenters. The lowest BCUT2D eigenvalue weighted by molar-refractivity contribution is 0.0645. The topological polar surface area (TPSA) is 97.3 Å². The highest BCUT2D eigenvalue weighted by atomic mass is 16.3. The molecule has 0 unspecified atom stereocenters. The van der Waals surface area contributed by atoms with E-state index in [-0.39, 0.29) is 12.5 Å². The lowest BCUT2D eigenvalue weighted by Gasteiger charge is -2.30. The summed E-state index contributed by atoms with van der Waals surface area (Å²) in [7, 11) is 0. The summed E-state index contributed by atoms with van der Waals surface area (Å²) in [5, 5.41) is 16.8. The quantitative estimate of drug-likeness (QED) is 0.723. The Labute approximate surface area is 106 Å². The van der Waals surface area contributed by atoms with E-state index in [9.17, 15) is 4.79 Å². The van der Waals surface area contributed by atoms with Gasteiger partial charge < -0.3 is 15.7 Å². The number of aliphatic hydroxyl groups excluding tert-OH is 1. The monoisotopic (exact) mass is 253 g/mol. The van der Waals surface area contributed by atoms with Crippen LogP contribution in [0.2, 0.25) is 0 Å². The fourth-order valence-corrected chi connectivity index (χ4v) is 2.12. The number of nitrogens with two attached hydrogens (primary N) is 1. The van der Waals surface area contributed by atoms with E-state index in [1.165, 1.54) is 0 Å². The molecule has 7 heteroatoms. The highest BCUT2D eigenvalue weighted by molar-refractivity contribution is 5.91. The van der Waals surface area contributed by atoms with E-state index in [4.69, 9.17) is 10.8 Å². The van der Waals surface area contributed by atoms with Crippen molar-refractivity contribution in [2.75, 3.05) is 26.2 Å². The molecule has 0 aromatic carbocycles. The SMILES string of the molecule is NCCn1cc(C(=O)N2CCC(CO)CC2)nn1. The molecule has 0 radical (unpaired) electrons. The van der Waals surface area contributed by atoms with Gasteiger partial charge in [0.25, 0.3) is 5.91 Å². The van der Waals surface area contributed by atoms with Gasteiger partial charge in [-0.2, -0.15) is 0 Å². The van der Waals surface area contributed by atoms with Crippen molar-refractivity contribution in [3.05, 3.63) is 11.9 Å². The molecule has 0 spiro atoms. The van der Waals surface area contributed by atoms with Crippen LogP contribution in [0.4, 0.5) is 0 Å². The van der Waals surface area contributed by atoms with Gasteiger partial charge in [0.1, 0.15) is 0 Å². The number of amides is 1. The lowest BCUT2D eigenvalue weighted by atomic mass is 9.98. The van der Waals surface area contributed by atoms with Crippen molar-refractivity contribution < 1.29 is 9.90 Å². The summed E-state index contributed by atoms with van der Waals surface area (Å²) in [6, 6.07) is 0. The fourth-order valence-electron chi connectivity index (χ4n) is 2.12. The fraction of sp³-hybridized carbons (Fsp3) is 0.727. The number of likely N-dealkylation sites (tertiary alicyclic amines) is 1. The molecule has 3 N–H and O–H groups in total. The van der Waals surface area contributed by atoms with Crippen molar-refractivity contribution in [1.82, 2.24) is 19.9 Å². The number of rotatable bonds is 4. The van der Waals surface area contributed by atoms with Crippen LogP contribution < -0.4 is 5.73 Å². The van der Waals surface area contributed by atoms with E-state index < -0.39 is 0 Å². The second kappa shape index (κ2) is 5.92. The molecule has 1 aliphatic heterocycles. The minimum Gasteiger partial charge on any atom is -0.396 e. The van der Waals surface area contributed by atoms with Crippen molar-refractivity contribution in [3.8, 4) is 0 Å². The molecule has 2 rings (SSSR count). The summed E-state index contributed by atoms with van der Waals surface area (Å²) in [5.74, 6) is 0.233. The standard InChI is InChI=1S/C11H19N5O2/c12-3-6-16-7-10(13-14-16)11(18)15-4-1-9(8-17)2-5-15/h7,9,17H,1-6,8,12H2. The van der Waals surface area contributed by atoms with Crippen LogP contribution in [0.1, 0.15) is 23.3 Å². The van der Waals surface area contributed by atoms with Crippen LogP contribution in [0.5, 0.6) is 0 Å². The zero-order valence-electron chi connectivity index (χ0n) is 10.3. The number of piperidine rings is 1. The molecule has 1 aromatic rings. The molecular weight excluding hydrogens is 234 g/mol. The van der Waals surface area contributed by atoms with Gasteiger partial charge in [-0.25, -0.2) is 0 Å². The molecule has 100 valence electrons. The van der Waals surface area contributed by atoms with E-state index in [1.54, 1.807) is 15.8 Å².